The van der Waals surface area contributed by atoms with Crippen LogP contribution in [0.3, 0.4) is 0 Å². The number of hydrogen-bond donors (Lipinski definition) is 2. The largest absolute Gasteiger partial charge is 0.392 e. The minimum absolute atomic E-state index is 0.0245. The highest BCUT2D eigenvalue weighted by atomic mass is 16.3. The Morgan fingerprint density at radius 2 is 1.60 bits per heavy atom. The second-order valence-electron chi connectivity index (χ2n) is 14.5. The van der Waals surface area contributed by atoms with Crippen LogP contribution in [0, 0.1) is 31.6 Å². The summed E-state index contributed by atoms with van der Waals surface area (Å²) in [5, 5.41) is 13.9. The van der Waals surface area contributed by atoms with Gasteiger partial charge in [0.2, 0.25) is 5.95 Å². The average molecular weight is 608 g/mol. The summed E-state index contributed by atoms with van der Waals surface area (Å²) in [6, 6.07) is 12.5. The number of urea groups is 1. The molecule has 2 aromatic carbocycles. The maximum Gasteiger partial charge on any atom is 0.331 e. The molecule has 236 valence electrons. The molecular formula is C36H45N7O2. The molecule has 1 aromatic heterocycles. The molecule has 2 N–H and O–H groups in total. The topological polar surface area (TPSA) is 88.1 Å². The van der Waals surface area contributed by atoms with Gasteiger partial charge in [-0.25, -0.2) is 9.78 Å². The number of aliphatic hydroxyl groups is 1. The van der Waals surface area contributed by atoms with E-state index in [1.807, 2.05) is 24.1 Å². The molecule has 4 bridgehead atoms. The number of nitrogens with zero attached hydrogens (tertiary/aromatic N) is 6. The predicted octanol–water partition coefficient (Wildman–Crippen LogP) is 6.00. The standard InChI is InChI=1S/C36H45N7O2/c1-23-4-9-32(31(22-44)24(23)2)42-21-28-20-37-34(38-29-5-7-30(8-6-29)41-12-10-40(3)11-13-41)39-33(28)43(35(42)45)36-17-25-14-26(18-36)16-27(15-25)19-36/h4-9,20,25-27,44H,10-19,21-22H2,1-3H3,(H,37,38,39). The predicted molar refractivity (Wildman–Crippen MR) is 178 cm³/mol. The van der Waals surface area contributed by atoms with E-state index in [9.17, 15) is 9.90 Å². The summed E-state index contributed by atoms with van der Waals surface area (Å²) in [4.78, 5) is 33.4. The molecule has 3 heterocycles. The number of nitrogens with one attached hydrogen (secondary N) is 1. The Labute approximate surface area is 266 Å². The van der Waals surface area contributed by atoms with E-state index in [-0.39, 0.29) is 18.2 Å². The number of aliphatic hydroxyl groups excluding tert-OH is 1. The molecule has 9 heteroatoms. The number of aromatic nitrogens is 2. The number of hydrogen-bond acceptors (Lipinski definition) is 7. The summed E-state index contributed by atoms with van der Waals surface area (Å²) < 4.78 is 0. The first kappa shape index (κ1) is 28.8. The Balaban J connectivity index is 1.14. The maximum absolute atomic E-state index is 14.8. The smallest absolute Gasteiger partial charge is 0.331 e. The van der Waals surface area contributed by atoms with Crippen molar-refractivity contribution in [3.63, 3.8) is 0 Å². The summed E-state index contributed by atoms with van der Waals surface area (Å²) in [5.41, 5.74) is 6.63. The number of rotatable bonds is 6. The van der Waals surface area contributed by atoms with Crippen molar-refractivity contribution in [1.29, 1.82) is 0 Å². The molecule has 9 nitrogen and oxygen atoms in total. The van der Waals surface area contributed by atoms with Crippen molar-refractivity contribution in [1.82, 2.24) is 14.9 Å². The van der Waals surface area contributed by atoms with Crippen molar-refractivity contribution in [2.24, 2.45) is 17.8 Å². The lowest BCUT2D eigenvalue weighted by Crippen LogP contribution is -2.65. The molecule has 2 amide bonds. The molecule has 0 spiro atoms. The minimum Gasteiger partial charge on any atom is -0.392 e. The molecule has 2 aliphatic heterocycles. The molecule has 0 atom stereocenters. The van der Waals surface area contributed by atoms with Gasteiger partial charge in [-0.15, -0.1) is 0 Å². The summed E-state index contributed by atoms with van der Waals surface area (Å²) in [7, 11) is 2.17. The van der Waals surface area contributed by atoms with E-state index in [4.69, 9.17) is 9.97 Å². The Kier molecular flexibility index (Phi) is 7.02. The molecule has 1 saturated heterocycles. The van der Waals surface area contributed by atoms with Crippen molar-refractivity contribution in [3.8, 4) is 0 Å². The Hall–Kier alpha value is -3.69. The number of fused-ring (bicyclic) bond motifs is 1. The number of piperazine rings is 1. The van der Waals surface area contributed by atoms with Crippen molar-refractivity contribution < 1.29 is 9.90 Å². The number of benzene rings is 2. The third-order valence-electron chi connectivity index (χ3n) is 11.6. The zero-order valence-corrected chi connectivity index (χ0v) is 26.8. The highest BCUT2D eigenvalue weighted by molar-refractivity contribution is 6.07. The summed E-state index contributed by atoms with van der Waals surface area (Å²) in [5.74, 6) is 3.29. The lowest BCUT2D eigenvalue weighted by Gasteiger charge is -2.61. The van der Waals surface area contributed by atoms with Gasteiger partial charge in [-0.1, -0.05) is 6.07 Å². The Bertz CT molecular complexity index is 1580. The number of aryl methyl sites for hydroxylation is 1. The summed E-state index contributed by atoms with van der Waals surface area (Å²) in [6.07, 6.45) is 8.91. The second kappa shape index (κ2) is 11.0. The van der Waals surface area contributed by atoms with Crippen LogP contribution in [0.5, 0.6) is 0 Å². The van der Waals surface area contributed by atoms with Gasteiger partial charge in [-0.3, -0.25) is 9.80 Å². The number of carbonyl (C=O) groups excluding carboxylic acids is 1. The number of likely N-dealkylation sites (N-methyl/N-ethyl adjacent to an activating group) is 1. The molecule has 5 fully saturated rings. The van der Waals surface area contributed by atoms with Crippen LogP contribution in [0.2, 0.25) is 0 Å². The van der Waals surface area contributed by atoms with Crippen LogP contribution in [-0.2, 0) is 13.2 Å². The molecule has 45 heavy (non-hydrogen) atoms. The molecule has 0 unspecified atom stereocenters. The van der Waals surface area contributed by atoms with Crippen molar-refractivity contribution >= 4 is 34.9 Å². The maximum atomic E-state index is 14.8. The van der Waals surface area contributed by atoms with Gasteiger partial charge in [0, 0.05) is 54.9 Å². The fourth-order valence-corrected chi connectivity index (χ4v) is 9.43. The SMILES string of the molecule is Cc1ccc(N2Cc3cnc(Nc4ccc(N5CCN(C)CC5)cc4)nc3N(C34CC5CC(CC(C5)C3)C4)C2=O)c(CO)c1C. The van der Waals surface area contributed by atoms with Gasteiger partial charge in [0.1, 0.15) is 5.82 Å². The fraction of sp³-hybridized carbons (Fsp3) is 0.528. The third kappa shape index (κ3) is 4.95. The molecule has 3 aromatic rings. The summed E-state index contributed by atoms with van der Waals surface area (Å²) in [6.45, 7) is 8.57. The minimum atomic E-state index is -0.228. The molecule has 6 aliphatic rings. The van der Waals surface area contributed by atoms with Gasteiger partial charge >= 0.3 is 6.03 Å². The quantitative estimate of drug-likeness (QED) is 0.356. The van der Waals surface area contributed by atoms with Gasteiger partial charge < -0.3 is 20.2 Å². The molecule has 0 radical (unpaired) electrons. The Morgan fingerprint density at radius 3 is 2.24 bits per heavy atom. The van der Waals surface area contributed by atoms with Crippen LogP contribution in [-0.4, -0.2) is 64.8 Å². The van der Waals surface area contributed by atoms with E-state index in [2.05, 4.69) is 64.3 Å². The molecular weight excluding hydrogens is 562 g/mol. The normalized spacial score (nSPS) is 27.7. The zero-order chi connectivity index (χ0) is 30.9. The highest BCUT2D eigenvalue weighted by Crippen LogP contribution is 2.59. The van der Waals surface area contributed by atoms with Gasteiger partial charge in [-0.2, -0.15) is 4.98 Å². The van der Waals surface area contributed by atoms with Crippen LogP contribution >= 0.6 is 0 Å². The highest BCUT2D eigenvalue weighted by Gasteiger charge is 2.57. The zero-order valence-electron chi connectivity index (χ0n) is 26.8. The molecule has 4 saturated carbocycles. The number of anilines is 5. The van der Waals surface area contributed by atoms with E-state index < -0.39 is 0 Å². The second-order valence-corrected chi connectivity index (χ2v) is 14.5. The van der Waals surface area contributed by atoms with Gasteiger partial charge in [0.25, 0.3) is 0 Å². The monoisotopic (exact) mass is 607 g/mol. The average Bonchev–Trinajstić information content (AvgIpc) is 3.02. The van der Waals surface area contributed by atoms with Gasteiger partial charge in [-0.05, 0) is 119 Å². The van der Waals surface area contributed by atoms with E-state index in [1.54, 1.807) is 0 Å². The molecule has 4 aliphatic carbocycles. The first-order valence-corrected chi connectivity index (χ1v) is 16.8. The first-order chi connectivity index (χ1) is 21.8. The van der Waals surface area contributed by atoms with Crippen LogP contribution in [0.4, 0.5) is 33.6 Å². The van der Waals surface area contributed by atoms with E-state index >= 15 is 0 Å². The molecule has 9 rings (SSSR count). The lowest BCUT2D eigenvalue weighted by atomic mass is 9.52. The van der Waals surface area contributed by atoms with Crippen molar-refractivity contribution in [3.05, 3.63) is 64.8 Å². The number of carbonyl (C=O) groups is 1. The van der Waals surface area contributed by atoms with Gasteiger partial charge in [0.15, 0.2) is 0 Å². The van der Waals surface area contributed by atoms with Crippen LogP contribution in [0.15, 0.2) is 42.6 Å². The van der Waals surface area contributed by atoms with E-state index in [1.165, 1.54) is 24.9 Å². The van der Waals surface area contributed by atoms with Crippen LogP contribution in [0.25, 0.3) is 0 Å². The Morgan fingerprint density at radius 1 is 0.933 bits per heavy atom. The van der Waals surface area contributed by atoms with Crippen LogP contribution in [0.1, 0.15) is 60.8 Å². The van der Waals surface area contributed by atoms with E-state index in [0.717, 1.165) is 84.9 Å². The first-order valence-electron chi connectivity index (χ1n) is 16.8. The fourth-order valence-electron chi connectivity index (χ4n) is 9.43. The lowest BCUT2D eigenvalue weighted by molar-refractivity contribution is -0.000909. The summed E-state index contributed by atoms with van der Waals surface area (Å²) >= 11 is 0. The van der Waals surface area contributed by atoms with Crippen molar-refractivity contribution in [2.75, 3.05) is 53.2 Å². The van der Waals surface area contributed by atoms with Gasteiger partial charge in [0.05, 0.1) is 24.4 Å². The number of amides is 2. The van der Waals surface area contributed by atoms with E-state index in [0.29, 0.717) is 30.2 Å². The van der Waals surface area contributed by atoms with Crippen LogP contribution < -0.4 is 20.0 Å². The third-order valence-corrected chi connectivity index (χ3v) is 11.6. The van der Waals surface area contributed by atoms with Crippen molar-refractivity contribution in [2.45, 2.75) is 71.1 Å².